The molecule has 2 aromatic carbocycles. The third-order valence-electron chi connectivity index (χ3n) is 6.24. The van der Waals surface area contributed by atoms with E-state index in [1.54, 1.807) is 6.08 Å². The van der Waals surface area contributed by atoms with E-state index in [-0.39, 0.29) is 11.1 Å². The average Bonchev–Trinajstić information content (AvgIpc) is 3.11. The van der Waals surface area contributed by atoms with Gasteiger partial charge in [-0.25, -0.2) is 0 Å². The molecule has 2 amide bonds. The zero-order chi connectivity index (χ0) is 23.9. The monoisotopic (exact) mass is 479 g/mol. The van der Waals surface area contributed by atoms with E-state index in [2.05, 4.69) is 47.9 Å². The molecule has 0 atom stereocenters. The van der Waals surface area contributed by atoms with Crippen molar-refractivity contribution in [2.45, 2.75) is 33.1 Å². The van der Waals surface area contributed by atoms with Crippen molar-refractivity contribution >= 4 is 34.7 Å². The van der Waals surface area contributed by atoms with E-state index in [0.29, 0.717) is 18.2 Å². The van der Waals surface area contributed by atoms with Crippen molar-refractivity contribution in [1.29, 1.82) is 0 Å². The number of imide groups is 1. The maximum atomic E-state index is 12.9. The predicted octanol–water partition coefficient (Wildman–Crippen LogP) is 5.38. The number of carbonyl (C=O) groups excluding carboxylic acids is 2. The highest BCUT2D eigenvalue weighted by Gasteiger charge is 2.36. The quantitative estimate of drug-likeness (QED) is 0.356. The Morgan fingerprint density at radius 3 is 2.41 bits per heavy atom. The van der Waals surface area contributed by atoms with Gasteiger partial charge in [0.2, 0.25) is 0 Å². The Hall–Kier alpha value is -2.77. The molecule has 2 aliphatic heterocycles. The predicted molar refractivity (Wildman–Crippen MR) is 139 cm³/mol. The van der Waals surface area contributed by atoms with Gasteiger partial charge in [-0.1, -0.05) is 50.1 Å². The second kappa shape index (κ2) is 11.6. The molecule has 6 nitrogen and oxygen atoms in total. The molecular formula is C27H33N3O3S. The molecule has 2 aliphatic rings. The molecule has 2 aromatic rings. The van der Waals surface area contributed by atoms with Crippen LogP contribution in [0.25, 0.3) is 6.08 Å². The first-order chi connectivity index (χ1) is 16.5. The van der Waals surface area contributed by atoms with Crippen LogP contribution in [0.2, 0.25) is 0 Å². The van der Waals surface area contributed by atoms with Gasteiger partial charge in [0.25, 0.3) is 11.1 Å². The maximum absolute atomic E-state index is 12.9. The van der Waals surface area contributed by atoms with Crippen LogP contribution in [0.5, 0.6) is 5.75 Å². The number of amides is 2. The Bertz CT molecular complexity index is 1030. The summed E-state index contributed by atoms with van der Waals surface area (Å²) in [4.78, 5) is 31.9. The van der Waals surface area contributed by atoms with E-state index < -0.39 is 0 Å². The SMILES string of the molecule is CCCCCOc1ccc(C=C2SC(=O)N(CN3CCN(c4ccccc4C)CC3)C2=O)cc1. The van der Waals surface area contributed by atoms with Gasteiger partial charge >= 0.3 is 0 Å². The standard InChI is InChI=1S/C27H33N3O3S/c1-3-4-7-18-33-23-12-10-22(11-13-23)19-25-26(31)30(27(32)34-25)20-28-14-16-29(17-15-28)24-9-6-5-8-21(24)2/h5-6,8-13,19H,3-4,7,14-18,20H2,1-2H3. The third kappa shape index (κ3) is 6.02. The number of ether oxygens (including phenoxy) is 1. The molecule has 0 bridgehead atoms. The smallest absolute Gasteiger partial charge is 0.294 e. The molecule has 0 saturated carbocycles. The lowest BCUT2D eigenvalue weighted by Gasteiger charge is -2.37. The summed E-state index contributed by atoms with van der Waals surface area (Å²) in [5, 5.41) is -0.200. The molecule has 0 N–H and O–H groups in total. The summed E-state index contributed by atoms with van der Waals surface area (Å²) >= 11 is 1.02. The average molecular weight is 480 g/mol. The lowest BCUT2D eigenvalue weighted by molar-refractivity contribution is -0.124. The molecule has 4 rings (SSSR count). The van der Waals surface area contributed by atoms with Gasteiger partial charge in [-0.2, -0.15) is 0 Å². The van der Waals surface area contributed by atoms with Crippen LogP contribution < -0.4 is 9.64 Å². The van der Waals surface area contributed by atoms with Crippen molar-refractivity contribution in [1.82, 2.24) is 9.80 Å². The fourth-order valence-corrected chi connectivity index (χ4v) is 5.06. The molecule has 0 aliphatic carbocycles. The van der Waals surface area contributed by atoms with Crippen LogP contribution in [-0.2, 0) is 4.79 Å². The zero-order valence-corrected chi connectivity index (χ0v) is 20.9. The summed E-state index contributed by atoms with van der Waals surface area (Å²) in [5.74, 6) is 0.613. The summed E-state index contributed by atoms with van der Waals surface area (Å²) in [5.41, 5.74) is 3.41. The summed E-state index contributed by atoms with van der Waals surface area (Å²) in [6.45, 7) is 8.74. The minimum absolute atomic E-state index is 0.200. The van der Waals surface area contributed by atoms with E-state index in [1.807, 2.05) is 24.3 Å². The molecule has 2 fully saturated rings. The highest BCUT2D eigenvalue weighted by Crippen LogP contribution is 2.33. The molecule has 0 aromatic heterocycles. The summed E-state index contributed by atoms with van der Waals surface area (Å²) in [6, 6.07) is 16.1. The highest BCUT2D eigenvalue weighted by atomic mass is 32.2. The number of thioether (sulfide) groups is 1. The minimum Gasteiger partial charge on any atom is -0.494 e. The van der Waals surface area contributed by atoms with Crippen molar-refractivity contribution in [3.05, 3.63) is 64.6 Å². The van der Waals surface area contributed by atoms with Crippen LogP contribution in [0.15, 0.2) is 53.4 Å². The topological polar surface area (TPSA) is 53.1 Å². The van der Waals surface area contributed by atoms with Gasteiger partial charge in [-0.05, 0) is 60.5 Å². The van der Waals surface area contributed by atoms with Gasteiger partial charge in [-0.15, -0.1) is 0 Å². The van der Waals surface area contributed by atoms with Gasteiger partial charge in [-0.3, -0.25) is 19.4 Å². The normalized spacial score (nSPS) is 18.2. The number of unbranched alkanes of at least 4 members (excludes halogenated alkanes) is 2. The first-order valence-electron chi connectivity index (χ1n) is 12.1. The van der Waals surface area contributed by atoms with E-state index in [0.717, 1.165) is 62.1 Å². The van der Waals surface area contributed by atoms with E-state index >= 15 is 0 Å². The Kier molecular flexibility index (Phi) is 8.29. The zero-order valence-electron chi connectivity index (χ0n) is 20.0. The fraction of sp³-hybridized carbons (Fsp3) is 0.407. The Labute approximate surface area is 206 Å². The van der Waals surface area contributed by atoms with E-state index in [9.17, 15) is 9.59 Å². The van der Waals surface area contributed by atoms with Gasteiger partial charge in [0.1, 0.15) is 5.75 Å². The summed E-state index contributed by atoms with van der Waals surface area (Å²) in [7, 11) is 0. The largest absolute Gasteiger partial charge is 0.494 e. The van der Waals surface area contributed by atoms with Gasteiger partial charge < -0.3 is 9.64 Å². The lowest BCUT2D eigenvalue weighted by Crippen LogP contribution is -2.51. The van der Waals surface area contributed by atoms with Crippen LogP contribution in [0.3, 0.4) is 0 Å². The fourth-order valence-electron chi connectivity index (χ4n) is 4.22. The Morgan fingerprint density at radius 1 is 0.971 bits per heavy atom. The molecule has 2 saturated heterocycles. The number of hydrogen-bond acceptors (Lipinski definition) is 6. The Morgan fingerprint density at radius 2 is 1.71 bits per heavy atom. The molecule has 0 spiro atoms. The van der Waals surface area contributed by atoms with E-state index in [4.69, 9.17) is 4.74 Å². The first-order valence-corrected chi connectivity index (χ1v) is 12.9. The molecular weight excluding hydrogens is 446 g/mol. The third-order valence-corrected chi connectivity index (χ3v) is 7.15. The number of nitrogens with zero attached hydrogens (tertiary/aromatic N) is 3. The van der Waals surface area contributed by atoms with Crippen molar-refractivity contribution in [2.24, 2.45) is 0 Å². The molecule has 34 heavy (non-hydrogen) atoms. The molecule has 0 radical (unpaired) electrons. The van der Waals surface area contributed by atoms with Crippen LogP contribution in [-0.4, -0.2) is 60.4 Å². The molecule has 2 heterocycles. The van der Waals surface area contributed by atoms with Gasteiger partial charge in [0.05, 0.1) is 18.2 Å². The second-order valence-corrected chi connectivity index (χ2v) is 9.76. The second-order valence-electron chi connectivity index (χ2n) is 8.77. The highest BCUT2D eigenvalue weighted by molar-refractivity contribution is 8.18. The number of rotatable bonds is 9. The van der Waals surface area contributed by atoms with Crippen LogP contribution in [0, 0.1) is 6.92 Å². The molecule has 0 unspecified atom stereocenters. The van der Waals surface area contributed by atoms with Crippen LogP contribution >= 0.6 is 11.8 Å². The number of piperazine rings is 1. The number of aryl methyl sites for hydroxylation is 1. The number of para-hydroxylation sites is 1. The van der Waals surface area contributed by atoms with Crippen molar-refractivity contribution < 1.29 is 14.3 Å². The number of hydrogen-bond donors (Lipinski definition) is 0. The van der Waals surface area contributed by atoms with Crippen LogP contribution in [0.1, 0.15) is 37.3 Å². The molecule has 7 heteroatoms. The molecule has 180 valence electrons. The van der Waals surface area contributed by atoms with Crippen molar-refractivity contribution in [3.63, 3.8) is 0 Å². The Balaban J connectivity index is 1.31. The number of carbonyl (C=O) groups is 2. The van der Waals surface area contributed by atoms with E-state index in [1.165, 1.54) is 22.6 Å². The van der Waals surface area contributed by atoms with Gasteiger partial charge in [0, 0.05) is 31.9 Å². The summed E-state index contributed by atoms with van der Waals surface area (Å²) < 4.78 is 5.75. The van der Waals surface area contributed by atoms with Gasteiger partial charge in [0.15, 0.2) is 0 Å². The van der Waals surface area contributed by atoms with Crippen molar-refractivity contribution in [2.75, 3.05) is 44.4 Å². The van der Waals surface area contributed by atoms with Crippen molar-refractivity contribution in [3.8, 4) is 5.75 Å². The van der Waals surface area contributed by atoms with Crippen LogP contribution in [0.4, 0.5) is 10.5 Å². The minimum atomic E-state index is -0.212. The summed E-state index contributed by atoms with van der Waals surface area (Å²) in [6.07, 6.45) is 5.17. The lowest BCUT2D eigenvalue weighted by atomic mass is 10.1. The maximum Gasteiger partial charge on any atom is 0.294 e. The number of anilines is 1. The number of benzene rings is 2. The first kappa shape index (κ1) is 24.4.